The molecule has 1 N–H and O–H groups in total. The Kier molecular flexibility index (Phi) is 4.84. The highest BCUT2D eigenvalue weighted by Gasteiger charge is 2.29. The molecule has 1 aromatic rings. The fourth-order valence-electron chi connectivity index (χ4n) is 3.16. The Morgan fingerprint density at radius 2 is 2.00 bits per heavy atom. The van der Waals surface area contributed by atoms with Gasteiger partial charge in [-0.05, 0) is 37.5 Å². The van der Waals surface area contributed by atoms with Gasteiger partial charge in [0.05, 0.1) is 11.6 Å². The van der Waals surface area contributed by atoms with Crippen molar-refractivity contribution in [3.05, 3.63) is 23.8 Å². The molecule has 1 saturated heterocycles. The molecule has 2 heterocycles. The number of aryl methyl sites for hydroxylation is 1. The Balaban J connectivity index is 1.65. The predicted octanol–water partition coefficient (Wildman–Crippen LogP) is 2.73. The van der Waals surface area contributed by atoms with Gasteiger partial charge < -0.3 is 15.0 Å². The van der Waals surface area contributed by atoms with E-state index in [4.69, 9.17) is 4.74 Å². The molecule has 2 aliphatic rings. The summed E-state index contributed by atoms with van der Waals surface area (Å²) < 4.78 is 5.77. The Morgan fingerprint density at radius 1 is 1.26 bits per heavy atom. The van der Waals surface area contributed by atoms with Crippen molar-refractivity contribution in [2.75, 3.05) is 25.0 Å². The summed E-state index contributed by atoms with van der Waals surface area (Å²) in [6.07, 6.45) is 4.71. The molecule has 0 spiro atoms. The third-order valence-electron chi connectivity index (χ3n) is 4.59. The van der Waals surface area contributed by atoms with Crippen LogP contribution in [0.4, 0.5) is 5.69 Å². The van der Waals surface area contributed by atoms with E-state index >= 15 is 0 Å². The van der Waals surface area contributed by atoms with E-state index < -0.39 is 5.92 Å². The number of rotatable bonds is 2. The van der Waals surface area contributed by atoms with Crippen LogP contribution in [0.5, 0.6) is 5.75 Å². The number of ether oxygens (including phenoxy) is 1. The van der Waals surface area contributed by atoms with Gasteiger partial charge in [-0.1, -0.05) is 18.9 Å². The van der Waals surface area contributed by atoms with E-state index in [1.807, 2.05) is 30.0 Å². The molecule has 0 aromatic heterocycles. The van der Waals surface area contributed by atoms with Crippen LogP contribution in [-0.4, -0.2) is 36.4 Å². The number of benzene rings is 1. The number of amides is 2. The lowest BCUT2D eigenvalue weighted by atomic mass is 10.0. The zero-order valence-electron chi connectivity index (χ0n) is 13.6. The van der Waals surface area contributed by atoms with Crippen molar-refractivity contribution in [2.24, 2.45) is 5.92 Å². The molecule has 2 amide bonds. The summed E-state index contributed by atoms with van der Waals surface area (Å²) in [5, 5.41) is 2.89. The minimum atomic E-state index is -0.432. The number of carbonyl (C=O) groups excluding carboxylic acids is 2. The third-order valence-corrected chi connectivity index (χ3v) is 4.59. The van der Waals surface area contributed by atoms with E-state index in [2.05, 4.69) is 5.32 Å². The summed E-state index contributed by atoms with van der Waals surface area (Å²) in [6.45, 7) is 3.86. The molecule has 1 aromatic carbocycles. The number of fused-ring (bicyclic) bond motifs is 1. The monoisotopic (exact) mass is 316 g/mol. The summed E-state index contributed by atoms with van der Waals surface area (Å²) in [5.41, 5.74) is 1.77. The lowest BCUT2D eigenvalue weighted by Crippen LogP contribution is -2.36. The topological polar surface area (TPSA) is 58.6 Å². The van der Waals surface area contributed by atoms with Gasteiger partial charge in [-0.2, -0.15) is 0 Å². The zero-order valence-corrected chi connectivity index (χ0v) is 13.6. The molecule has 5 nitrogen and oxygen atoms in total. The highest BCUT2D eigenvalue weighted by atomic mass is 16.5. The summed E-state index contributed by atoms with van der Waals surface area (Å²) in [5.74, 6) is 0.190. The van der Waals surface area contributed by atoms with E-state index in [0.717, 1.165) is 31.5 Å². The van der Waals surface area contributed by atoms with E-state index in [0.29, 0.717) is 11.4 Å². The number of nitrogens with zero attached hydrogens (tertiary/aromatic N) is 1. The van der Waals surface area contributed by atoms with Gasteiger partial charge in [0.15, 0.2) is 0 Å². The van der Waals surface area contributed by atoms with Crippen LogP contribution in [0.1, 0.15) is 37.7 Å². The summed E-state index contributed by atoms with van der Waals surface area (Å²) in [6, 6.07) is 5.70. The molecular formula is C18H24N2O3. The van der Waals surface area contributed by atoms with E-state index in [1.165, 1.54) is 12.8 Å². The van der Waals surface area contributed by atoms with Crippen molar-refractivity contribution in [1.82, 2.24) is 4.90 Å². The molecule has 0 saturated carbocycles. The molecule has 0 radical (unpaired) electrons. The highest BCUT2D eigenvalue weighted by molar-refractivity contribution is 5.97. The van der Waals surface area contributed by atoms with Gasteiger partial charge in [-0.25, -0.2) is 0 Å². The molecule has 0 bridgehead atoms. The van der Waals surface area contributed by atoms with Crippen molar-refractivity contribution < 1.29 is 14.3 Å². The fourth-order valence-corrected chi connectivity index (χ4v) is 3.16. The van der Waals surface area contributed by atoms with Crippen molar-refractivity contribution in [1.29, 1.82) is 0 Å². The number of likely N-dealkylation sites (tertiary alicyclic amines) is 1. The molecule has 1 unspecified atom stereocenters. The number of anilines is 1. The zero-order chi connectivity index (χ0) is 16.2. The van der Waals surface area contributed by atoms with Crippen molar-refractivity contribution >= 4 is 17.5 Å². The summed E-state index contributed by atoms with van der Waals surface area (Å²) in [7, 11) is 0. The summed E-state index contributed by atoms with van der Waals surface area (Å²) in [4.78, 5) is 26.8. The molecular weight excluding hydrogens is 292 g/mol. The lowest BCUT2D eigenvalue weighted by molar-refractivity contribution is -0.135. The lowest BCUT2D eigenvalue weighted by Gasteiger charge is -2.22. The van der Waals surface area contributed by atoms with Crippen molar-refractivity contribution in [3.63, 3.8) is 0 Å². The first kappa shape index (κ1) is 15.8. The van der Waals surface area contributed by atoms with Gasteiger partial charge in [0.2, 0.25) is 11.8 Å². The Hall–Kier alpha value is -2.04. The second kappa shape index (κ2) is 7.02. The molecule has 5 heteroatoms. The second-order valence-corrected chi connectivity index (χ2v) is 6.50. The first-order chi connectivity index (χ1) is 11.1. The first-order valence-corrected chi connectivity index (χ1v) is 8.45. The maximum absolute atomic E-state index is 12.5. The van der Waals surface area contributed by atoms with Gasteiger partial charge in [0, 0.05) is 19.5 Å². The number of nitrogens with one attached hydrogen (secondary N) is 1. The standard InChI is InChI=1S/C18H24N2O3/c1-13-6-7-15-16(10-13)23-12-14(18(22)19-15)11-17(21)20-8-4-2-3-5-9-20/h6-7,10,14H,2-5,8-9,11-12H2,1H3,(H,19,22). The van der Waals surface area contributed by atoms with Gasteiger partial charge in [0.1, 0.15) is 12.4 Å². The van der Waals surface area contributed by atoms with Crippen LogP contribution in [0, 0.1) is 12.8 Å². The highest BCUT2D eigenvalue weighted by Crippen LogP contribution is 2.30. The third kappa shape index (κ3) is 3.84. The molecule has 0 aliphatic carbocycles. The Morgan fingerprint density at radius 3 is 2.74 bits per heavy atom. The molecule has 1 fully saturated rings. The van der Waals surface area contributed by atoms with Gasteiger partial charge >= 0.3 is 0 Å². The van der Waals surface area contributed by atoms with E-state index in [1.54, 1.807) is 0 Å². The van der Waals surface area contributed by atoms with Gasteiger partial charge in [0.25, 0.3) is 0 Å². The smallest absolute Gasteiger partial charge is 0.231 e. The molecule has 124 valence electrons. The number of carbonyl (C=O) groups is 2. The average molecular weight is 316 g/mol. The quantitative estimate of drug-likeness (QED) is 0.912. The van der Waals surface area contributed by atoms with Crippen LogP contribution < -0.4 is 10.1 Å². The maximum Gasteiger partial charge on any atom is 0.231 e. The number of hydrogen-bond acceptors (Lipinski definition) is 3. The minimum absolute atomic E-state index is 0.0674. The molecule has 2 aliphatic heterocycles. The Labute approximate surface area is 137 Å². The molecule has 3 rings (SSSR count). The average Bonchev–Trinajstić information content (AvgIpc) is 2.88. The van der Waals surface area contributed by atoms with Crippen molar-refractivity contribution in [3.8, 4) is 5.75 Å². The largest absolute Gasteiger partial charge is 0.491 e. The number of hydrogen-bond donors (Lipinski definition) is 1. The van der Waals surface area contributed by atoms with Crippen LogP contribution in [-0.2, 0) is 9.59 Å². The summed E-state index contributed by atoms with van der Waals surface area (Å²) >= 11 is 0. The maximum atomic E-state index is 12.5. The van der Waals surface area contributed by atoms with Crippen molar-refractivity contribution in [2.45, 2.75) is 39.0 Å². The molecule has 23 heavy (non-hydrogen) atoms. The minimum Gasteiger partial charge on any atom is -0.491 e. The van der Waals surface area contributed by atoms with Crippen LogP contribution in [0.15, 0.2) is 18.2 Å². The van der Waals surface area contributed by atoms with Crippen LogP contribution in [0.25, 0.3) is 0 Å². The first-order valence-electron chi connectivity index (χ1n) is 8.45. The fraction of sp³-hybridized carbons (Fsp3) is 0.556. The Bertz CT molecular complexity index is 592. The van der Waals surface area contributed by atoms with E-state index in [-0.39, 0.29) is 24.8 Å². The SMILES string of the molecule is Cc1ccc2c(c1)OCC(CC(=O)N1CCCCCC1)C(=O)N2. The van der Waals surface area contributed by atoms with Gasteiger partial charge in [-0.15, -0.1) is 0 Å². The van der Waals surface area contributed by atoms with Crippen LogP contribution >= 0.6 is 0 Å². The predicted molar refractivity (Wildman–Crippen MR) is 88.5 cm³/mol. The second-order valence-electron chi connectivity index (χ2n) is 6.50. The normalized spacial score (nSPS) is 21.5. The van der Waals surface area contributed by atoms with Crippen LogP contribution in [0.2, 0.25) is 0 Å². The van der Waals surface area contributed by atoms with E-state index in [9.17, 15) is 9.59 Å². The van der Waals surface area contributed by atoms with Gasteiger partial charge in [-0.3, -0.25) is 9.59 Å². The molecule has 1 atom stereocenters. The van der Waals surface area contributed by atoms with Crippen LogP contribution in [0.3, 0.4) is 0 Å².